The Morgan fingerprint density at radius 2 is 1.94 bits per heavy atom. The number of aromatic amines is 1. The van der Waals surface area contributed by atoms with Crippen molar-refractivity contribution in [2.45, 2.75) is 36.9 Å². The summed E-state index contributed by atoms with van der Waals surface area (Å²) < 4.78 is 12.9. The number of fused-ring (bicyclic) bond motifs is 2. The molecule has 0 spiro atoms. The summed E-state index contributed by atoms with van der Waals surface area (Å²) in [5.74, 6) is -0.142. The number of benzene rings is 3. The number of nitro benzene ring substituents is 1. The van der Waals surface area contributed by atoms with Gasteiger partial charge in [0.25, 0.3) is 16.8 Å². The quantitative estimate of drug-likeness (QED) is 0.109. The van der Waals surface area contributed by atoms with Gasteiger partial charge in [0.05, 0.1) is 34.4 Å². The first-order valence-electron chi connectivity index (χ1n) is 14.4. The van der Waals surface area contributed by atoms with Crippen LogP contribution in [-0.2, 0) is 9.53 Å². The first-order chi connectivity index (χ1) is 22.6. The van der Waals surface area contributed by atoms with E-state index in [1.54, 1.807) is 39.0 Å². The number of thiazole rings is 1. The van der Waals surface area contributed by atoms with Crippen molar-refractivity contribution in [2.24, 2.45) is 4.99 Å². The molecule has 1 aliphatic heterocycles. The summed E-state index contributed by atoms with van der Waals surface area (Å²) in [6.45, 7) is 5.20. The number of ether oxygens (including phenoxy) is 2. The first kappa shape index (κ1) is 31.6. The van der Waals surface area contributed by atoms with Crippen LogP contribution in [0.1, 0.15) is 36.7 Å². The third-order valence-corrected chi connectivity index (χ3v) is 9.45. The van der Waals surface area contributed by atoms with Crippen molar-refractivity contribution in [3.8, 4) is 5.75 Å². The number of esters is 1. The predicted octanol–water partition coefficient (Wildman–Crippen LogP) is 4.41. The Hall–Kier alpha value is -5.34. The third kappa shape index (κ3) is 6.00. The van der Waals surface area contributed by atoms with Crippen molar-refractivity contribution in [3.05, 3.63) is 129 Å². The Labute approximate surface area is 274 Å². The second-order valence-electron chi connectivity index (χ2n) is 10.5. The molecule has 12 nitrogen and oxygen atoms in total. The van der Waals surface area contributed by atoms with Gasteiger partial charge in [-0.3, -0.25) is 24.3 Å². The van der Waals surface area contributed by atoms with Crippen molar-refractivity contribution in [3.63, 3.8) is 0 Å². The predicted molar refractivity (Wildman–Crippen MR) is 178 cm³/mol. The number of allylic oxidation sites excluding steroid dienone is 1. The lowest BCUT2D eigenvalue weighted by Crippen LogP contribution is -2.40. The van der Waals surface area contributed by atoms with Gasteiger partial charge in [-0.15, -0.1) is 0 Å². The second-order valence-corrected chi connectivity index (χ2v) is 12.5. The number of methoxy groups -OCH3 is 1. The van der Waals surface area contributed by atoms with Crippen LogP contribution in [0.3, 0.4) is 0 Å². The molecule has 1 aliphatic rings. The molecule has 47 heavy (non-hydrogen) atoms. The summed E-state index contributed by atoms with van der Waals surface area (Å²) in [4.78, 5) is 63.8. The molecule has 0 fully saturated rings. The zero-order valence-corrected chi connectivity index (χ0v) is 27.2. The maximum absolute atomic E-state index is 14.4. The van der Waals surface area contributed by atoms with Crippen LogP contribution in [0, 0.1) is 17.0 Å². The van der Waals surface area contributed by atoms with Crippen LogP contribution in [0.2, 0.25) is 0 Å². The number of carbonyl (C=O) groups is 1. The molecular weight excluding hydrogens is 643 g/mol. The van der Waals surface area contributed by atoms with Gasteiger partial charge in [0, 0.05) is 34.4 Å². The van der Waals surface area contributed by atoms with E-state index in [1.165, 1.54) is 29.9 Å². The van der Waals surface area contributed by atoms with E-state index in [9.17, 15) is 24.5 Å². The van der Waals surface area contributed by atoms with Gasteiger partial charge in [-0.25, -0.2) is 14.8 Å². The normalized spacial score (nSPS) is 14.6. The molecule has 238 valence electrons. The lowest BCUT2D eigenvalue weighted by Gasteiger charge is -2.27. The molecular formula is C33H27N5O7S2. The molecule has 6 rings (SSSR count). The fourth-order valence-electron chi connectivity index (χ4n) is 5.50. The summed E-state index contributed by atoms with van der Waals surface area (Å²) in [5, 5.41) is 13.7. The number of H-pyrrole nitrogens is 1. The van der Waals surface area contributed by atoms with Gasteiger partial charge in [0.2, 0.25) is 0 Å². The van der Waals surface area contributed by atoms with Crippen LogP contribution < -0.4 is 25.2 Å². The lowest BCUT2D eigenvalue weighted by atomic mass is 9.90. The Morgan fingerprint density at radius 1 is 1.15 bits per heavy atom. The maximum Gasteiger partial charge on any atom is 0.338 e. The van der Waals surface area contributed by atoms with E-state index in [0.717, 1.165) is 33.9 Å². The van der Waals surface area contributed by atoms with Crippen molar-refractivity contribution in [2.75, 3.05) is 13.7 Å². The van der Waals surface area contributed by atoms with E-state index in [4.69, 9.17) is 9.47 Å². The molecule has 0 saturated heterocycles. The lowest BCUT2D eigenvalue weighted by molar-refractivity contribution is -0.384. The maximum atomic E-state index is 14.4. The smallest absolute Gasteiger partial charge is 0.338 e. The highest BCUT2D eigenvalue weighted by molar-refractivity contribution is 7.99. The zero-order chi connectivity index (χ0) is 33.4. The number of aromatic nitrogens is 3. The number of nitro groups is 1. The van der Waals surface area contributed by atoms with Crippen molar-refractivity contribution in [1.82, 2.24) is 14.5 Å². The van der Waals surface area contributed by atoms with Gasteiger partial charge >= 0.3 is 5.97 Å². The molecule has 3 heterocycles. The monoisotopic (exact) mass is 669 g/mol. The van der Waals surface area contributed by atoms with Crippen LogP contribution in [0.4, 0.5) is 5.69 Å². The minimum absolute atomic E-state index is 0.119. The highest BCUT2D eigenvalue weighted by Gasteiger charge is 2.36. The molecule has 0 amide bonds. The van der Waals surface area contributed by atoms with Gasteiger partial charge in [0.1, 0.15) is 11.8 Å². The minimum Gasteiger partial charge on any atom is -0.496 e. The van der Waals surface area contributed by atoms with E-state index < -0.39 is 22.5 Å². The molecule has 5 aromatic rings. The number of carbonyl (C=O) groups excluding carboxylic acids is 1. The van der Waals surface area contributed by atoms with E-state index >= 15 is 0 Å². The highest BCUT2D eigenvalue weighted by atomic mass is 32.2. The zero-order valence-electron chi connectivity index (χ0n) is 25.6. The van der Waals surface area contributed by atoms with E-state index in [2.05, 4.69) is 15.0 Å². The average Bonchev–Trinajstić information content (AvgIpc) is 3.33. The van der Waals surface area contributed by atoms with Gasteiger partial charge in [-0.1, -0.05) is 53.4 Å². The molecule has 0 saturated carbocycles. The topological polar surface area (TPSA) is 159 Å². The summed E-state index contributed by atoms with van der Waals surface area (Å²) in [7, 11) is 1.52. The molecule has 0 unspecified atom stereocenters. The van der Waals surface area contributed by atoms with Crippen molar-refractivity contribution >= 4 is 51.6 Å². The third-order valence-electron chi connectivity index (χ3n) is 7.49. The van der Waals surface area contributed by atoms with Gasteiger partial charge in [0.15, 0.2) is 9.96 Å². The number of non-ortho nitro benzene ring substituents is 1. The molecule has 1 atom stereocenters. The van der Waals surface area contributed by atoms with E-state index in [-0.39, 0.29) is 33.1 Å². The SMILES string of the molecule is CCOC(=O)C1=C(C)N=c2s/c(=C/c3cc([N+](=O)[O-])ccc3Sc3nc(C)cc(=O)[nH]3)c(=O)n2[C@H]1c1c(OC)ccc2ccccc12. The average molecular weight is 670 g/mol. The number of nitrogens with one attached hydrogen (secondary N) is 1. The standard InChI is InChI=1S/C33H27N5O7S2/c1-5-45-31(41)27-18(3)35-33-37(29(27)28-22-9-7-6-8-19(22)10-12-23(28)44-4)30(40)25(47-33)16-20-15-21(38(42)43)11-13-24(20)46-32-34-17(2)14-26(39)36-32/h6-16,29H,5H2,1-4H3,(H,34,36,39)/b25-16+/t29-/m1/s1. The summed E-state index contributed by atoms with van der Waals surface area (Å²) in [5.41, 5.74) is 1.05. The Morgan fingerprint density at radius 3 is 2.66 bits per heavy atom. The number of hydrogen-bond acceptors (Lipinski definition) is 11. The van der Waals surface area contributed by atoms with Crippen LogP contribution in [0.15, 0.2) is 96.6 Å². The van der Waals surface area contributed by atoms with Crippen LogP contribution in [0.5, 0.6) is 5.75 Å². The number of hydrogen-bond donors (Lipinski definition) is 1. The summed E-state index contributed by atoms with van der Waals surface area (Å²) in [6, 6.07) is 15.9. The fourth-order valence-corrected chi connectivity index (χ4v) is 7.46. The largest absolute Gasteiger partial charge is 0.496 e. The minimum atomic E-state index is -0.950. The Bertz CT molecular complexity index is 2380. The first-order valence-corrected chi connectivity index (χ1v) is 16.0. The summed E-state index contributed by atoms with van der Waals surface area (Å²) >= 11 is 2.19. The summed E-state index contributed by atoms with van der Waals surface area (Å²) in [6.07, 6.45) is 1.55. The number of rotatable bonds is 8. The number of nitrogens with zero attached hydrogens (tertiary/aromatic N) is 4. The van der Waals surface area contributed by atoms with Gasteiger partial charge < -0.3 is 14.5 Å². The highest BCUT2D eigenvalue weighted by Crippen LogP contribution is 2.40. The van der Waals surface area contributed by atoms with Gasteiger partial charge in [-0.2, -0.15) is 0 Å². The molecule has 2 aromatic heterocycles. The molecule has 3 aromatic carbocycles. The van der Waals surface area contributed by atoms with Crippen LogP contribution >= 0.6 is 23.1 Å². The van der Waals surface area contributed by atoms with Crippen LogP contribution in [-0.4, -0.2) is 39.1 Å². The van der Waals surface area contributed by atoms with Gasteiger partial charge in [-0.05, 0) is 55.3 Å². The van der Waals surface area contributed by atoms with E-state index in [1.807, 2.05) is 30.3 Å². The molecule has 1 N–H and O–H groups in total. The van der Waals surface area contributed by atoms with E-state index in [0.29, 0.717) is 38.0 Å². The van der Waals surface area contributed by atoms with Crippen molar-refractivity contribution < 1.29 is 19.2 Å². The molecule has 14 heteroatoms. The second kappa shape index (κ2) is 12.8. The van der Waals surface area contributed by atoms with Crippen molar-refractivity contribution in [1.29, 1.82) is 0 Å². The number of aryl methyl sites for hydroxylation is 1. The fraction of sp³-hybridized carbons (Fsp3) is 0.182. The molecule has 0 bridgehead atoms. The Balaban J connectivity index is 1.61. The molecule has 0 aliphatic carbocycles. The molecule has 0 radical (unpaired) electrons. The Kier molecular flexibility index (Phi) is 8.62. The van der Waals surface area contributed by atoms with Crippen LogP contribution in [0.25, 0.3) is 16.8 Å².